The molecule has 0 aliphatic carbocycles. The van der Waals surface area contributed by atoms with Crippen molar-refractivity contribution in [1.29, 1.82) is 0 Å². The molecule has 0 bridgehead atoms. The van der Waals surface area contributed by atoms with E-state index in [9.17, 15) is 4.79 Å². The molecule has 1 fully saturated rings. The number of ether oxygens (including phenoxy) is 1. The zero-order valence-electron chi connectivity index (χ0n) is 12.6. The molecule has 5 heteroatoms. The fourth-order valence-electron chi connectivity index (χ4n) is 2.45. The quantitative estimate of drug-likeness (QED) is 0.909. The van der Waals surface area contributed by atoms with Crippen molar-refractivity contribution < 1.29 is 9.53 Å². The van der Waals surface area contributed by atoms with E-state index in [-0.39, 0.29) is 11.9 Å². The molecule has 0 spiro atoms. The molecular formula is C16H23ClN2O2. The van der Waals surface area contributed by atoms with E-state index in [1.807, 2.05) is 6.92 Å². The predicted octanol–water partition coefficient (Wildman–Crippen LogP) is 2.71. The Bertz CT molecular complexity index is 456. The Balaban J connectivity index is 1.87. The smallest absolute Gasteiger partial charge is 0.261 e. The Labute approximate surface area is 131 Å². The molecule has 0 saturated carbocycles. The van der Waals surface area contributed by atoms with Gasteiger partial charge in [0.2, 0.25) is 0 Å². The first-order valence-electron chi connectivity index (χ1n) is 7.49. The van der Waals surface area contributed by atoms with Crippen molar-refractivity contribution in [2.45, 2.75) is 38.3 Å². The summed E-state index contributed by atoms with van der Waals surface area (Å²) in [6.45, 7) is 4.01. The monoisotopic (exact) mass is 310 g/mol. The maximum Gasteiger partial charge on any atom is 0.261 e. The van der Waals surface area contributed by atoms with Crippen molar-refractivity contribution in [1.82, 2.24) is 10.2 Å². The fraction of sp³-hybridized carbons (Fsp3) is 0.562. The molecule has 1 atom stereocenters. The molecule has 2 rings (SSSR count). The number of hydrogen-bond acceptors (Lipinski definition) is 3. The molecule has 21 heavy (non-hydrogen) atoms. The highest BCUT2D eigenvalue weighted by molar-refractivity contribution is 6.30. The van der Waals surface area contributed by atoms with Gasteiger partial charge in [-0.3, -0.25) is 4.79 Å². The van der Waals surface area contributed by atoms with Gasteiger partial charge in [-0.2, -0.15) is 0 Å². The van der Waals surface area contributed by atoms with Crippen LogP contribution in [0.5, 0.6) is 5.75 Å². The van der Waals surface area contributed by atoms with Crippen molar-refractivity contribution in [3.8, 4) is 5.75 Å². The van der Waals surface area contributed by atoms with Gasteiger partial charge in [-0.25, -0.2) is 0 Å². The normalized spacial score (nSPS) is 18.2. The van der Waals surface area contributed by atoms with Crippen LogP contribution in [-0.2, 0) is 4.79 Å². The van der Waals surface area contributed by atoms with E-state index in [1.54, 1.807) is 24.3 Å². The number of amides is 1. The summed E-state index contributed by atoms with van der Waals surface area (Å²) >= 11 is 5.85. The zero-order valence-corrected chi connectivity index (χ0v) is 13.4. The Morgan fingerprint density at radius 1 is 1.38 bits per heavy atom. The first-order valence-corrected chi connectivity index (χ1v) is 7.87. The van der Waals surface area contributed by atoms with E-state index in [4.69, 9.17) is 16.3 Å². The van der Waals surface area contributed by atoms with E-state index >= 15 is 0 Å². The highest BCUT2D eigenvalue weighted by Gasteiger charge is 2.23. The van der Waals surface area contributed by atoms with Gasteiger partial charge < -0.3 is 15.0 Å². The van der Waals surface area contributed by atoms with E-state index < -0.39 is 6.10 Å². The first kappa shape index (κ1) is 16.1. The van der Waals surface area contributed by atoms with Crippen molar-refractivity contribution in [3.05, 3.63) is 29.3 Å². The Morgan fingerprint density at radius 2 is 2.00 bits per heavy atom. The summed E-state index contributed by atoms with van der Waals surface area (Å²) < 4.78 is 5.76. The predicted molar refractivity (Wildman–Crippen MR) is 84.8 cm³/mol. The van der Waals surface area contributed by atoms with E-state index in [2.05, 4.69) is 17.3 Å². The number of nitrogens with zero attached hydrogens (tertiary/aromatic N) is 1. The summed E-state index contributed by atoms with van der Waals surface area (Å²) in [4.78, 5) is 14.6. The number of carbonyl (C=O) groups excluding carboxylic acids is 1. The molecule has 1 saturated heterocycles. The van der Waals surface area contributed by atoms with Gasteiger partial charge in [0.25, 0.3) is 5.91 Å². The van der Waals surface area contributed by atoms with E-state index in [0.717, 1.165) is 25.9 Å². The van der Waals surface area contributed by atoms with Gasteiger partial charge in [-0.05, 0) is 63.7 Å². The standard InChI is InChI=1S/C16H23ClN2O2/c1-3-15(21-14-6-4-12(17)5-7-14)16(20)18-13-8-10-19(2)11-9-13/h4-7,13,15H,3,8-11H2,1-2H3,(H,18,20)/t15-/m1/s1. The lowest BCUT2D eigenvalue weighted by molar-refractivity contribution is -0.129. The lowest BCUT2D eigenvalue weighted by Crippen LogP contribution is -2.47. The molecule has 116 valence electrons. The Hall–Kier alpha value is -1.26. The van der Waals surface area contributed by atoms with Crippen LogP contribution in [0.3, 0.4) is 0 Å². The number of carbonyl (C=O) groups is 1. The molecule has 0 aromatic heterocycles. The molecule has 1 amide bonds. The number of nitrogens with one attached hydrogen (secondary N) is 1. The van der Waals surface area contributed by atoms with Gasteiger partial charge in [0.05, 0.1) is 0 Å². The topological polar surface area (TPSA) is 41.6 Å². The number of benzene rings is 1. The van der Waals surface area contributed by atoms with Crippen LogP contribution < -0.4 is 10.1 Å². The maximum atomic E-state index is 12.3. The van der Waals surface area contributed by atoms with Crippen LogP contribution >= 0.6 is 11.6 Å². The molecule has 1 N–H and O–H groups in total. The number of likely N-dealkylation sites (tertiary alicyclic amines) is 1. The number of rotatable bonds is 5. The van der Waals surface area contributed by atoms with Crippen molar-refractivity contribution in [2.75, 3.05) is 20.1 Å². The number of halogens is 1. The molecule has 1 heterocycles. The van der Waals surface area contributed by atoms with Crippen LogP contribution in [0.15, 0.2) is 24.3 Å². The minimum Gasteiger partial charge on any atom is -0.481 e. The first-order chi connectivity index (χ1) is 10.1. The lowest BCUT2D eigenvalue weighted by Gasteiger charge is -2.30. The van der Waals surface area contributed by atoms with Crippen LogP contribution in [-0.4, -0.2) is 43.1 Å². The van der Waals surface area contributed by atoms with Gasteiger partial charge in [-0.15, -0.1) is 0 Å². The fourth-order valence-corrected chi connectivity index (χ4v) is 2.57. The highest BCUT2D eigenvalue weighted by atomic mass is 35.5. The van der Waals surface area contributed by atoms with Gasteiger partial charge in [0.1, 0.15) is 5.75 Å². The summed E-state index contributed by atoms with van der Waals surface area (Å²) in [6, 6.07) is 7.36. The average molecular weight is 311 g/mol. The second-order valence-corrected chi connectivity index (χ2v) is 5.99. The molecule has 0 unspecified atom stereocenters. The van der Waals surface area contributed by atoms with Crippen molar-refractivity contribution in [3.63, 3.8) is 0 Å². The van der Waals surface area contributed by atoms with E-state index in [0.29, 0.717) is 17.2 Å². The van der Waals surface area contributed by atoms with Crippen LogP contribution in [0.1, 0.15) is 26.2 Å². The zero-order chi connectivity index (χ0) is 15.2. The van der Waals surface area contributed by atoms with Crippen molar-refractivity contribution >= 4 is 17.5 Å². The summed E-state index contributed by atoms with van der Waals surface area (Å²) in [5, 5.41) is 3.76. The molecule has 1 aliphatic rings. The molecule has 1 aromatic rings. The molecule has 1 aliphatic heterocycles. The minimum absolute atomic E-state index is 0.0259. The SMILES string of the molecule is CC[C@@H](Oc1ccc(Cl)cc1)C(=O)NC1CCN(C)CC1. The van der Waals surface area contributed by atoms with Gasteiger partial charge in [0.15, 0.2) is 6.10 Å². The number of hydrogen-bond donors (Lipinski definition) is 1. The maximum absolute atomic E-state index is 12.3. The third-order valence-corrected chi connectivity index (χ3v) is 4.07. The molecule has 4 nitrogen and oxygen atoms in total. The summed E-state index contributed by atoms with van der Waals surface area (Å²) in [7, 11) is 2.11. The minimum atomic E-state index is -0.453. The summed E-state index contributed by atoms with van der Waals surface area (Å²) in [5.41, 5.74) is 0. The Kier molecular flexibility index (Phi) is 5.88. The molecule has 1 aromatic carbocycles. The lowest BCUT2D eigenvalue weighted by atomic mass is 10.1. The highest BCUT2D eigenvalue weighted by Crippen LogP contribution is 2.18. The van der Waals surface area contributed by atoms with Gasteiger partial charge in [-0.1, -0.05) is 18.5 Å². The summed E-state index contributed by atoms with van der Waals surface area (Å²) in [5.74, 6) is 0.645. The van der Waals surface area contributed by atoms with Gasteiger partial charge >= 0.3 is 0 Å². The molecule has 0 radical (unpaired) electrons. The average Bonchev–Trinajstić information content (AvgIpc) is 2.49. The van der Waals surface area contributed by atoms with Crippen LogP contribution in [0.4, 0.5) is 0 Å². The largest absolute Gasteiger partial charge is 0.481 e. The summed E-state index contributed by atoms with van der Waals surface area (Å²) in [6.07, 6.45) is 2.19. The number of piperidine rings is 1. The van der Waals surface area contributed by atoms with Gasteiger partial charge in [0, 0.05) is 11.1 Å². The van der Waals surface area contributed by atoms with E-state index in [1.165, 1.54) is 0 Å². The second-order valence-electron chi connectivity index (χ2n) is 5.55. The van der Waals surface area contributed by atoms with Crippen LogP contribution in [0.2, 0.25) is 5.02 Å². The third-order valence-electron chi connectivity index (χ3n) is 3.82. The third kappa shape index (κ3) is 4.90. The molecular weight excluding hydrogens is 288 g/mol. The Morgan fingerprint density at radius 3 is 2.57 bits per heavy atom. The van der Waals surface area contributed by atoms with Crippen LogP contribution in [0, 0.1) is 0 Å². The van der Waals surface area contributed by atoms with Crippen molar-refractivity contribution in [2.24, 2.45) is 0 Å². The second kappa shape index (κ2) is 7.66. The van der Waals surface area contributed by atoms with Crippen LogP contribution in [0.25, 0.3) is 0 Å².